The van der Waals surface area contributed by atoms with Crippen LogP contribution in [-0.4, -0.2) is 65.7 Å². The van der Waals surface area contributed by atoms with E-state index in [1.807, 2.05) is 20.8 Å². The van der Waals surface area contributed by atoms with Gasteiger partial charge in [-0.3, -0.25) is 9.69 Å². The molecule has 29 heavy (non-hydrogen) atoms. The second kappa shape index (κ2) is 7.04. The number of nitrogens with zero attached hydrogens (tertiary/aromatic N) is 2. The number of likely N-dealkylation sites (N-methyl/N-ethyl adjacent to an activating group) is 1. The fourth-order valence-electron chi connectivity index (χ4n) is 4.59. The van der Waals surface area contributed by atoms with Gasteiger partial charge in [-0.05, 0) is 62.3 Å². The van der Waals surface area contributed by atoms with Gasteiger partial charge in [-0.1, -0.05) is 0 Å². The van der Waals surface area contributed by atoms with Crippen LogP contribution >= 0.6 is 0 Å². The van der Waals surface area contributed by atoms with Crippen molar-refractivity contribution < 1.29 is 17.9 Å². The molecule has 4 rings (SSSR count). The summed E-state index contributed by atoms with van der Waals surface area (Å²) in [5.74, 6) is -0.0134. The van der Waals surface area contributed by atoms with E-state index in [1.165, 1.54) is 0 Å². The molecule has 1 saturated carbocycles. The van der Waals surface area contributed by atoms with E-state index >= 15 is 0 Å². The highest BCUT2D eigenvalue weighted by atomic mass is 32.2. The number of rotatable bonds is 6. The van der Waals surface area contributed by atoms with E-state index in [0.717, 1.165) is 62.5 Å². The van der Waals surface area contributed by atoms with Crippen LogP contribution < -0.4 is 9.62 Å². The minimum absolute atomic E-state index is 0.0134. The van der Waals surface area contributed by atoms with Crippen molar-refractivity contribution in [1.82, 2.24) is 9.62 Å². The number of carbonyl (C=O) groups is 1. The summed E-state index contributed by atoms with van der Waals surface area (Å²) in [5.41, 5.74) is 1.71. The number of carbonyl (C=O) groups excluding carboxylic acids is 1. The molecule has 8 heteroatoms. The third-order valence-corrected chi connectivity index (χ3v) is 8.07. The molecule has 0 radical (unpaired) electrons. The van der Waals surface area contributed by atoms with Gasteiger partial charge < -0.3 is 9.64 Å². The minimum Gasteiger partial charge on any atom is -0.379 e. The van der Waals surface area contributed by atoms with Gasteiger partial charge >= 0.3 is 0 Å². The van der Waals surface area contributed by atoms with E-state index in [0.29, 0.717) is 6.54 Å². The Morgan fingerprint density at radius 3 is 2.45 bits per heavy atom. The molecule has 3 aliphatic rings. The average molecular weight is 422 g/mol. The highest BCUT2D eigenvalue weighted by Crippen LogP contribution is 2.46. The predicted octanol–water partition coefficient (Wildman–Crippen LogP) is 1.64. The summed E-state index contributed by atoms with van der Waals surface area (Å²) >= 11 is 0. The van der Waals surface area contributed by atoms with Crippen molar-refractivity contribution in [3.63, 3.8) is 0 Å². The summed E-state index contributed by atoms with van der Waals surface area (Å²) < 4.78 is 34.4. The lowest BCUT2D eigenvalue weighted by Crippen LogP contribution is -2.43. The second-order valence-electron chi connectivity index (χ2n) is 9.34. The number of fused-ring (bicyclic) bond motifs is 1. The van der Waals surface area contributed by atoms with Crippen molar-refractivity contribution in [2.45, 2.75) is 43.9 Å². The molecule has 2 fully saturated rings. The molecule has 1 aliphatic carbocycles. The first-order chi connectivity index (χ1) is 13.6. The number of aryl methyl sites for hydroxylation is 1. The van der Waals surface area contributed by atoms with Gasteiger partial charge in [-0.15, -0.1) is 0 Å². The van der Waals surface area contributed by atoms with E-state index in [2.05, 4.69) is 9.62 Å². The summed E-state index contributed by atoms with van der Waals surface area (Å²) in [6.07, 6.45) is 2.09. The molecule has 0 bridgehead atoms. The largest absolute Gasteiger partial charge is 0.379 e. The molecule has 1 aromatic rings. The number of hydrogen-bond donors (Lipinski definition) is 1. The lowest BCUT2D eigenvalue weighted by atomic mass is 9.85. The molecule has 0 aromatic heterocycles. The molecule has 1 N–H and O–H groups in total. The first kappa shape index (κ1) is 20.8. The zero-order valence-corrected chi connectivity index (χ0v) is 18.6. The topological polar surface area (TPSA) is 79.0 Å². The number of hydrogen-bond acceptors (Lipinski definition) is 5. The van der Waals surface area contributed by atoms with E-state index < -0.39 is 15.4 Å². The van der Waals surface area contributed by atoms with Gasteiger partial charge in [0.1, 0.15) is 0 Å². The van der Waals surface area contributed by atoms with Crippen LogP contribution in [0.25, 0.3) is 0 Å². The molecule has 0 unspecified atom stereocenters. The highest BCUT2D eigenvalue weighted by molar-refractivity contribution is 7.89. The molecule has 0 atom stereocenters. The third-order valence-electron chi connectivity index (χ3n) is 6.69. The Hall–Kier alpha value is -1.48. The zero-order valence-electron chi connectivity index (χ0n) is 17.7. The first-order valence-corrected chi connectivity index (χ1v) is 11.8. The fraction of sp³-hybridized carbons (Fsp3) is 0.667. The number of anilines is 1. The number of sulfonamides is 1. The average Bonchev–Trinajstić information content (AvgIpc) is 3.41. The van der Waals surface area contributed by atoms with Crippen molar-refractivity contribution in [2.24, 2.45) is 5.41 Å². The van der Waals surface area contributed by atoms with Crippen molar-refractivity contribution >= 4 is 21.6 Å². The monoisotopic (exact) mass is 421 g/mol. The summed E-state index contributed by atoms with van der Waals surface area (Å²) in [4.78, 5) is 16.8. The minimum atomic E-state index is -3.65. The van der Waals surface area contributed by atoms with Gasteiger partial charge in [0.25, 0.3) is 0 Å². The maximum absolute atomic E-state index is 13.1. The number of ether oxygens (including phenoxy) is 1. The molecule has 7 nitrogen and oxygen atoms in total. The Kier molecular flexibility index (Phi) is 5.05. The lowest BCUT2D eigenvalue weighted by molar-refractivity contribution is -0.121. The van der Waals surface area contributed by atoms with Gasteiger partial charge in [-0.2, -0.15) is 0 Å². The van der Waals surface area contributed by atoms with Gasteiger partial charge in [-0.25, -0.2) is 13.1 Å². The van der Waals surface area contributed by atoms with Gasteiger partial charge in [0.2, 0.25) is 15.9 Å². The van der Waals surface area contributed by atoms with Crippen LogP contribution in [0.4, 0.5) is 5.69 Å². The Morgan fingerprint density at radius 1 is 1.17 bits per heavy atom. The molecule has 1 saturated heterocycles. The van der Waals surface area contributed by atoms with E-state index in [9.17, 15) is 13.2 Å². The Bertz CT molecular complexity index is 931. The van der Waals surface area contributed by atoms with Crippen LogP contribution in [0.2, 0.25) is 0 Å². The second-order valence-corrected chi connectivity index (χ2v) is 11.1. The first-order valence-electron chi connectivity index (χ1n) is 10.3. The molecule has 2 aliphatic heterocycles. The van der Waals surface area contributed by atoms with Crippen LogP contribution in [0.15, 0.2) is 17.0 Å². The molecule has 1 amide bonds. The summed E-state index contributed by atoms with van der Waals surface area (Å²) in [7, 11) is -1.90. The molecule has 2 heterocycles. The lowest BCUT2D eigenvalue weighted by Gasteiger charge is -2.30. The molecular formula is C21H31N3O4S. The summed E-state index contributed by atoms with van der Waals surface area (Å²) in [5, 5.41) is 0. The molecule has 1 aromatic carbocycles. The predicted molar refractivity (Wildman–Crippen MR) is 112 cm³/mol. The van der Waals surface area contributed by atoms with E-state index in [-0.39, 0.29) is 16.2 Å². The Morgan fingerprint density at radius 2 is 1.83 bits per heavy atom. The van der Waals surface area contributed by atoms with Crippen molar-refractivity contribution in [3.05, 3.63) is 23.3 Å². The number of nitrogens with one attached hydrogen (secondary N) is 1. The van der Waals surface area contributed by atoms with Crippen LogP contribution in [0.1, 0.15) is 37.8 Å². The third kappa shape index (κ3) is 3.71. The fourth-order valence-corrected chi connectivity index (χ4v) is 5.86. The standard InChI is InChI=1S/C21H31N3O4S/c1-15-11-16(12-17-18(15)23(4)19(25)20(17,2)3)29(26,27)22-13-21(5-6-21)14-24-7-9-28-10-8-24/h11-12,22H,5-10,13-14H2,1-4H3. The molecule has 0 spiro atoms. The number of morpholine rings is 1. The van der Waals surface area contributed by atoms with Crippen LogP contribution in [0.3, 0.4) is 0 Å². The van der Waals surface area contributed by atoms with Crippen molar-refractivity contribution in [3.8, 4) is 0 Å². The van der Waals surface area contributed by atoms with Gasteiger partial charge in [0.15, 0.2) is 0 Å². The van der Waals surface area contributed by atoms with E-state index in [4.69, 9.17) is 4.74 Å². The zero-order chi connectivity index (χ0) is 21.0. The Balaban J connectivity index is 1.52. The normalized spacial score (nSPS) is 23.3. The van der Waals surface area contributed by atoms with Crippen molar-refractivity contribution in [2.75, 3.05) is 51.3 Å². The summed E-state index contributed by atoms with van der Waals surface area (Å²) in [6.45, 7) is 10.2. The SMILES string of the molecule is Cc1cc(S(=O)(=O)NCC2(CN3CCOCC3)CC2)cc2c1N(C)C(=O)C2(C)C. The van der Waals surface area contributed by atoms with E-state index in [1.54, 1.807) is 24.1 Å². The molecular weight excluding hydrogens is 390 g/mol. The quantitative estimate of drug-likeness (QED) is 0.756. The van der Waals surface area contributed by atoms with Crippen LogP contribution in [0, 0.1) is 12.3 Å². The smallest absolute Gasteiger partial charge is 0.240 e. The number of benzene rings is 1. The summed E-state index contributed by atoms with van der Waals surface area (Å²) in [6, 6.07) is 3.35. The van der Waals surface area contributed by atoms with Gasteiger partial charge in [0, 0.05) is 33.2 Å². The Labute approximate surface area is 173 Å². The number of amides is 1. The van der Waals surface area contributed by atoms with Crippen molar-refractivity contribution in [1.29, 1.82) is 0 Å². The highest BCUT2D eigenvalue weighted by Gasteiger charge is 2.46. The molecule has 160 valence electrons. The maximum Gasteiger partial charge on any atom is 0.240 e. The maximum atomic E-state index is 13.1. The van der Waals surface area contributed by atoms with Crippen LogP contribution in [0.5, 0.6) is 0 Å². The van der Waals surface area contributed by atoms with Crippen LogP contribution in [-0.2, 0) is 25.0 Å². The van der Waals surface area contributed by atoms with Gasteiger partial charge in [0.05, 0.1) is 29.2 Å².